The van der Waals surface area contributed by atoms with Crippen LogP contribution in [0, 0.1) is 0 Å². The number of fused-ring (bicyclic) bond motifs is 1. The fourth-order valence-corrected chi connectivity index (χ4v) is 2.35. The molecule has 2 aliphatic heterocycles. The fraction of sp³-hybridized carbons (Fsp3) is 0.636. The molecular weight excluding hydrogens is 252 g/mol. The minimum Gasteiger partial charge on any atom is -0.394 e. The number of aromatic nitrogens is 2. The summed E-state index contributed by atoms with van der Waals surface area (Å²) >= 11 is 0. The second-order valence-corrected chi connectivity index (χ2v) is 4.76. The van der Waals surface area contributed by atoms with E-state index in [9.17, 15) is 10.2 Å². The molecule has 4 atom stereocenters. The number of aliphatic hydroxyl groups is 3. The fourth-order valence-electron chi connectivity index (χ4n) is 2.35. The van der Waals surface area contributed by atoms with Crippen molar-refractivity contribution < 1.29 is 20.1 Å². The second kappa shape index (κ2) is 4.57. The largest absolute Gasteiger partial charge is 0.394 e. The van der Waals surface area contributed by atoms with Gasteiger partial charge in [0, 0.05) is 13.5 Å². The van der Waals surface area contributed by atoms with Crippen molar-refractivity contribution in [2.45, 2.75) is 31.1 Å². The van der Waals surface area contributed by atoms with Gasteiger partial charge in [-0.05, 0) is 0 Å². The first kappa shape index (κ1) is 12.5. The quantitative estimate of drug-likeness (QED) is 0.643. The molecule has 19 heavy (non-hydrogen) atoms. The Labute approximate surface area is 109 Å². The average molecular weight is 268 g/mol. The summed E-state index contributed by atoms with van der Waals surface area (Å²) in [6.07, 6.45) is 0.818. The van der Waals surface area contributed by atoms with E-state index in [1.54, 1.807) is 16.5 Å². The van der Waals surface area contributed by atoms with Crippen molar-refractivity contribution in [3.63, 3.8) is 0 Å². The summed E-state index contributed by atoms with van der Waals surface area (Å²) in [6.45, 7) is -0.233. The molecule has 3 N–H and O–H groups in total. The van der Waals surface area contributed by atoms with E-state index in [4.69, 9.17) is 9.84 Å². The van der Waals surface area contributed by atoms with E-state index in [1.165, 1.54) is 12.7 Å². The lowest BCUT2D eigenvalue weighted by Crippen LogP contribution is -2.26. The molecule has 8 heteroatoms. The highest BCUT2D eigenvalue weighted by Gasteiger charge is 2.37. The maximum absolute atomic E-state index is 9.96. The zero-order valence-electron chi connectivity index (χ0n) is 10.4. The van der Waals surface area contributed by atoms with Gasteiger partial charge in [0.2, 0.25) is 0 Å². The normalized spacial score (nSPS) is 33.8. The smallest absolute Gasteiger partial charge is 0.174 e. The van der Waals surface area contributed by atoms with Crippen LogP contribution in [0.25, 0.3) is 0 Å². The van der Waals surface area contributed by atoms with E-state index in [0.717, 1.165) is 0 Å². The standard InChI is InChI=1S/C11H16N4O4/c1-14-4-13-10-9(11(14)18)12-5-15(10)8-2-6(17)7(3-16)19-8/h4-8,11,16-18H,2-3H2,1H3/t6?,7-,8-,11?/m1/s1. The van der Waals surface area contributed by atoms with Gasteiger partial charge in [-0.25, -0.2) is 9.98 Å². The van der Waals surface area contributed by atoms with Crippen LogP contribution in [0.5, 0.6) is 0 Å². The van der Waals surface area contributed by atoms with Crippen molar-refractivity contribution in [1.29, 1.82) is 0 Å². The van der Waals surface area contributed by atoms with Crippen LogP contribution >= 0.6 is 0 Å². The molecule has 0 bridgehead atoms. The molecule has 3 heterocycles. The number of imidazole rings is 1. The number of nitrogens with zero attached hydrogens (tertiary/aromatic N) is 4. The zero-order valence-corrected chi connectivity index (χ0v) is 10.4. The van der Waals surface area contributed by atoms with E-state index >= 15 is 0 Å². The van der Waals surface area contributed by atoms with E-state index < -0.39 is 24.7 Å². The molecule has 8 nitrogen and oxygen atoms in total. The summed E-state index contributed by atoms with van der Waals surface area (Å²) in [4.78, 5) is 9.91. The highest BCUT2D eigenvalue weighted by atomic mass is 16.5. The number of hydrogen-bond donors (Lipinski definition) is 3. The molecule has 1 aromatic heterocycles. The Morgan fingerprint density at radius 1 is 1.47 bits per heavy atom. The molecule has 0 aliphatic carbocycles. The first-order valence-electron chi connectivity index (χ1n) is 6.07. The maximum atomic E-state index is 9.96. The van der Waals surface area contributed by atoms with Gasteiger partial charge in [0.25, 0.3) is 0 Å². The van der Waals surface area contributed by atoms with E-state index in [1.807, 2.05) is 0 Å². The molecule has 1 aromatic rings. The predicted octanol–water partition coefficient (Wildman–Crippen LogP) is -0.880. The molecule has 0 amide bonds. The van der Waals surface area contributed by atoms with Gasteiger partial charge in [-0.3, -0.25) is 4.57 Å². The van der Waals surface area contributed by atoms with Crippen LogP contribution in [-0.4, -0.2) is 62.0 Å². The molecule has 0 aromatic carbocycles. The third-order valence-electron chi connectivity index (χ3n) is 3.48. The Morgan fingerprint density at radius 2 is 2.26 bits per heavy atom. The summed E-state index contributed by atoms with van der Waals surface area (Å²) in [5.74, 6) is 0.515. The van der Waals surface area contributed by atoms with Crippen molar-refractivity contribution >= 4 is 12.2 Å². The molecule has 0 saturated carbocycles. The third-order valence-corrected chi connectivity index (χ3v) is 3.48. The summed E-state index contributed by atoms with van der Waals surface area (Å²) in [7, 11) is 1.70. The van der Waals surface area contributed by atoms with Crippen molar-refractivity contribution in [2.24, 2.45) is 4.99 Å². The lowest BCUT2D eigenvalue weighted by Gasteiger charge is -2.24. The van der Waals surface area contributed by atoms with Gasteiger partial charge in [-0.1, -0.05) is 0 Å². The third kappa shape index (κ3) is 1.93. The first-order valence-corrected chi connectivity index (χ1v) is 6.07. The Kier molecular flexibility index (Phi) is 3.02. The van der Waals surface area contributed by atoms with E-state index in [-0.39, 0.29) is 6.61 Å². The van der Waals surface area contributed by atoms with Gasteiger partial charge in [0.05, 0.1) is 25.4 Å². The van der Waals surface area contributed by atoms with Crippen molar-refractivity contribution in [3.05, 3.63) is 12.0 Å². The Hall–Kier alpha value is -1.48. The van der Waals surface area contributed by atoms with E-state index in [0.29, 0.717) is 17.9 Å². The van der Waals surface area contributed by atoms with Crippen LogP contribution in [0.1, 0.15) is 24.6 Å². The minimum absolute atomic E-state index is 0.233. The molecule has 0 radical (unpaired) electrons. The Morgan fingerprint density at radius 3 is 2.95 bits per heavy atom. The second-order valence-electron chi connectivity index (χ2n) is 4.76. The highest BCUT2D eigenvalue weighted by molar-refractivity contribution is 5.64. The molecule has 3 rings (SSSR count). The lowest BCUT2D eigenvalue weighted by molar-refractivity contribution is -0.0439. The Bertz CT molecular complexity index is 503. The van der Waals surface area contributed by atoms with Crippen molar-refractivity contribution in [3.8, 4) is 0 Å². The number of hydrogen-bond acceptors (Lipinski definition) is 7. The van der Waals surface area contributed by atoms with Crippen LogP contribution in [0.15, 0.2) is 11.3 Å². The van der Waals surface area contributed by atoms with Crippen LogP contribution in [-0.2, 0) is 4.74 Å². The zero-order chi connectivity index (χ0) is 13.6. The molecule has 2 unspecified atom stereocenters. The predicted molar refractivity (Wildman–Crippen MR) is 64.7 cm³/mol. The number of rotatable bonds is 2. The molecule has 0 spiro atoms. The summed E-state index contributed by atoms with van der Waals surface area (Å²) in [5.41, 5.74) is 0.454. The topological polar surface area (TPSA) is 103 Å². The highest BCUT2D eigenvalue weighted by Crippen LogP contribution is 2.36. The Balaban J connectivity index is 1.89. The molecule has 2 aliphatic rings. The minimum atomic E-state index is -0.839. The van der Waals surface area contributed by atoms with Gasteiger partial charge in [-0.2, -0.15) is 0 Å². The van der Waals surface area contributed by atoms with Crippen LogP contribution in [0.4, 0.5) is 5.82 Å². The number of aliphatic imine (C=N–C) groups is 1. The van der Waals surface area contributed by atoms with Crippen LogP contribution in [0.2, 0.25) is 0 Å². The molecule has 1 fully saturated rings. The first-order chi connectivity index (χ1) is 9.11. The molecule has 104 valence electrons. The summed E-state index contributed by atoms with van der Waals surface area (Å²) in [6, 6.07) is 0. The molecular formula is C11H16N4O4. The summed E-state index contributed by atoms with van der Waals surface area (Å²) < 4.78 is 7.22. The van der Waals surface area contributed by atoms with Gasteiger partial charge in [0.15, 0.2) is 12.0 Å². The average Bonchev–Trinajstić information content (AvgIpc) is 2.97. The van der Waals surface area contributed by atoms with Crippen molar-refractivity contribution in [1.82, 2.24) is 14.5 Å². The van der Waals surface area contributed by atoms with Crippen LogP contribution < -0.4 is 0 Å². The van der Waals surface area contributed by atoms with Gasteiger partial charge < -0.3 is 25.0 Å². The number of aliphatic hydroxyl groups excluding tert-OH is 3. The van der Waals surface area contributed by atoms with E-state index in [2.05, 4.69) is 9.98 Å². The summed E-state index contributed by atoms with van der Waals surface area (Å²) in [5, 5.41) is 28.8. The molecule has 1 saturated heterocycles. The maximum Gasteiger partial charge on any atom is 0.174 e. The monoisotopic (exact) mass is 268 g/mol. The van der Waals surface area contributed by atoms with Gasteiger partial charge in [-0.15, -0.1) is 0 Å². The SMILES string of the molecule is CN1C=Nc2c(ncn2[C@H]2CC(O)[C@@H](CO)O2)C1O. The van der Waals surface area contributed by atoms with Crippen LogP contribution in [0.3, 0.4) is 0 Å². The number of ether oxygens (including phenoxy) is 1. The lowest BCUT2D eigenvalue weighted by atomic mass is 10.2. The van der Waals surface area contributed by atoms with Crippen molar-refractivity contribution in [2.75, 3.05) is 13.7 Å². The van der Waals surface area contributed by atoms with Gasteiger partial charge in [0.1, 0.15) is 18.0 Å². The van der Waals surface area contributed by atoms with Gasteiger partial charge >= 0.3 is 0 Å².